The van der Waals surface area contributed by atoms with Crippen molar-refractivity contribution in [1.82, 2.24) is 5.32 Å². The average Bonchev–Trinajstić information content (AvgIpc) is 2.75. The molecule has 1 N–H and O–H groups in total. The zero-order valence-electron chi connectivity index (χ0n) is 15.4. The molecule has 1 heterocycles. The van der Waals surface area contributed by atoms with E-state index in [9.17, 15) is 13.2 Å². The predicted molar refractivity (Wildman–Crippen MR) is 113 cm³/mol. The van der Waals surface area contributed by atoms with Crippen molar-refractivity contribution in [1.29, 1.82) is 5.26 Å². The van der Waals surface area contributed by atoms with Crippen LogP contribution in [0.5, 0.6) is 0 Å². The summed E-state index contributed by atoms with van der Waals surface area (Å²) < 4.78 is 24.1. The first-order chi connectivity index (χ1) is 14.0. The molecular weight excluding hydrogens is 410 g/mol. The van der Waals surface area contributed by atoms with Crippen LogP contribution in [0.2, 0.25) is 0 Å². The smallest absolute Gasteiger partial charge is 0.302 e. The fourth-order valence-electron chi connectivity index (χ4n) is 2.01. The molecule has 29 heavy (non-hydrogen) atoms. The van der Waals surface area contributed by atoms with Gasteiger partial charge >= 0.3 is 10.5 Å². The Morgan fingerprint density at radius 2 is 1.72 bits per heavy atom. The number of carbonyl (C=O) groups is 1. The van der Waals surface area contributed by atoms with Crippen LogP contribution in [0, 0.1) is 11.3 Å². The molecule has 8 nitrogen and oxygen atoms in total. The lowest BCUT2D eigenvalue weighted by atomic mass is 10.1. The first-order valence-corrected chi connectivity index (χ1v) is 10.4. The summed E-state index contributed by atoms with van der Waals surface area (Å²) in [6.45, 7) is 1.37. The molecule has 0 bridgehead atoms. The van der Waals surface area contributed by atoms with Gasteiger partial charge in [-0.2, -0.15) is 23.1 Å². The van der Waals surface area contributed by atoms with E-state index in [1.54, 1.807) is 24.3 Å². The van der Waals surface area contributed by atoms with Crippen molar-refractivity contribution in [2.45, 2.75) is 13.0 Å². The number of benzene rings is 2. The molecule has 10 heteroatoms. The highest BCUT2D eigenvalue weighted by Crippen LogP contribution is 2.15. The van der Waals surface area contributed by atoms with Crippen LogP contribution in [-0.4, -0.2) is 37.0 Å². The molecule has 0 saturated carbocycles. The highest BCUT2D eigenvalue weighted by atomic mass is 32.2. The number of nitriles is 1. The number of thioether (sulfide) groups is 1. The molecule has 1 aliphatic rings. The maximum absolute atomic E-state index is 11.7. The molecule has 1 amide bonds. The fourth-order valence-corrected chi connectivity index (χ4v) is 3.13. The number of carbonyl (C=O) groups excluding carboxylic acids is 1. The topological polar surface area (TPSA) is 124 Å². The monoisotopic (exact) mass is 427 g/mol. The first-order valence-electron chi connectivity index (χ1n) is 8.38. The van der Waals surface area contributed by atoms with Gasteiger partial charge in [-0.25, -0.2) is 0 Å². The van der Waals surface area contributed by atoms with Crippen molar-refractivity contribution in [3.05, 3.63) is 71.8 Å². The van der Waals surface area contributed by atoms with E-state index in [4.69, 9.17) is 5.26 Å². The van der Waals surface area contributed by atoms with Gasteiger partial charge in [0.1, 0.15) is 6.04 Å². The van der Waals surface area contributed by atoms with E-state index < -0.39 is 22.4 Å². The molecule has 1 atom stereocenters. The number of amides is 1. The summed E-state index contributed by atoms with van der Waals surface area (Å²) in [7, 11) is -2.64. The Balaban J connectivity index is 0.000000426. The van der Waals surface area contributed by atoms with Crippen molar-refractivity contribution in [3.8, 4) is 6.07 Å². The molecule has 0 saturated heterocycles. The number of hydrogen-bond acceptors (Lipinski definition) is 8. The molecule has 0 aliphatic carbocycles. The second-order valence-corrected chi connectivity index (χ2v) is 7.18. The Labute approximate surface area is 174 Å². The van der Waals surface area contributed by atoms with Gasteiger partial charge in [0.05, 0.1) is 17.3 Å². The molecule has 0 aromatic heterocycles. The van der Waals surface area contributed by atoms with Crippen LogP contribution < -0.4 is 5.32 Å². The summed E-state index contributed by atoms with van der Waals surface area (Å²) in [6, 6.07) is 19.9. The van der Waals surface area contributed by atoms with E-state index in [-0.39, 0.29) is 5.17 Å². The summed E-state index contributed by atoms with van der Waals surface area (Å²) in [5.41, 5.74) is 2.12. The molecular formula is C19H17N5O3S2. The van der Waals surface area contributed by atoms with Gasteiger partial charge in [0.15, 0.2) is 5.17 Å². The Kier molecular flexibility index (Phi) is 8.75. The maximum Gasteiger partial charge on any atom is 0.311 e. The molecule has 2 aromatic rings. The third kappa shape index (κ3) is 7.69. The molecule has 2 aromatic carbocycles. The normalized spacial score (nSPS) is 13.4. The minimum atomic E-state index is -2.64. The largest absolute Gasteiger partial charge is 0.311 e. The van der Waals surface area contributed by atoms with Crippen molar-refractivity contribution >= 4 is 39.0 Å². The van der Waals surface area contributed by atoms with Crippen LogP contribution in [0.4, 0.5) is 0 Å². The lowest BCUT2D eigenvalue weighted by Crippen LogP contribution is -2.36. The molecule has 1 aliphatic heterocycles. The van der Waals surface area contributed by atoms with E-state index in [2.05, 4.69) is 19.9 Å². The molecule has 0 unspecified atom stereocenters. The SMILES string of the molecule is C[C@@H](N=S(=O)=O)C(=O)NC1=NN=C(c2ccc(C#N)cc2)CS1.c1ccccc1. The van der Waals surface area contributed by atoms with Gasteiger partial charge in [0.25, 0.3) is 5.91 Å². The van der Waals surface area contributed by atoms with E-state index in [1.807, 2.05) is 42.5 Å². The summed E-state index contributed by atoms with van der Waals surface area (Å²) in [5, 5.41) is 19.5. The number of nitrogens with one attached hydrogen (secondary N) is 1. The van der Waals surface area contributed by atoms with Crippen LogP contribution in [0.1, 0.15) is 18.1 Å². The van der Waals surface area contributed by atoms with Crippen molar-refractivity contribution in [2.75, 3.05) is 5.75 Å². The van der Waals surface area contributed by atoms with Crippen LogP contribution in [0.25, 0.3) is 0 Å². The molecule has 0 spiro atoms. The summed E-state index contributed by atoms with van der Waals surface area (Å²) >= 11 is 1.27. The summed E-state index contributed by atoms with van der Waals surface area (Å²) in [6.07, 6.45) is 0. The number of hydrogen-bond donors (Lipinski definition) is 1. The third-order valence-electron chi connectivity index (χ3n) is 3.47. The lowest BCUT2D eigenvalue weighted by molar-refractivity contribution is -0.120. The van der Waals surface area contributed by atoms with Gasteiger partial charge in [0, 0.05) is 5.75 Å². The number of nitrogens with zero attached hydrogens (tertiary/aromatic N) is 4. The van der Waals surface area contributed by atoms with Gasteiger partial charge in [0.2, 0.25) is 0 Å². The highest BCUT2D eigenvalue weighted by Gasteiger charge is 2.18. The van der Waals surface area contributed by atoms with E-state index >= 15 is 0 Å². The van der Waals surface area contributed by atoms with Crippen molar-refractivity contribution in [3.63, 3.8) is 0 Å². The first kappa shape index (κ1) is 22.0. The molecule has 0 radical (unpaired) electrons. The Hall–Kier alpha value is -3.29. The summed E-state index contributed by atoms with van der Waals surface area (Å²) in [5.74, 6) is -0.0817. The van der Waals surface area contributed by atoms with Crippen LogP contribution >= 0.6 is 11.8 Å². The van der Waals surface area contributed by atoms with E-state index in [1.165, 1.54) is 18.7 Å². The maximum atomic E-state index is 11.7. The molecule has 0 fully saturated rings. The zero-order valence-corrected chi connectivity index (χ0v) is 17.0. The Morgan fingerprint density at radius 1 is 1.14 bits per heavy atom. The second-order valence-electron chi connectivity index (χ2n) is 5.57. The molecule has 3 rings (SSSR count). The van der Waals surface area contributed by atoms with Gasteiger partial charge in [-0.1, -0.05) is 60.3 Å². The quantitative estimate of drug-likeness (QED) is 0.806. The average molecular weight is 428 g/mol. The zero-order chi connectivity index (χ0) is 21.1. The van der Waals surface area contributed by atoms with E-state index in [0.717, 1.165) is 11.3 Å². The van der Waals surface area contributed by atoms with Gasteiger partial charge < -0.3 is 5.32 Å². The van der Waals surface area contributed by atoms with Crippen LogP contribution in [-0.2, 0) is 15.3 Å². The Bertz CT molecular complexity index is 1040. The van der Waals surface area contributed by atoms with Crippen molar-refractivity contribution in [2.24, 2.45) is 14.6 Å². The van der Waals surface area contributed by atoms with Crippen molar-refractivity contribution < 1.29 is 13.2 Å². The number of amidine groups is 1. The highest BCUT2D eigenvalue weighted by molar-refractivity contribution is 8.14. The van der Waals surface area contributed by atoms with Crippen LogP contribution in [0.3, 0.4) is 0 Å². The summed E-state index contributed by atoms with van der Waals surface area (Å²) in [4.78, 5) is 11.7. The predicted octanol–water partition coefficient (Wildman–Crippen LogP) is 2.62. The minimum Gasteiger partial charge on any atom is -0.302 e. The van der Waals surface area contributed by atoms with Crippen LogP contribution in [0.15, 0.2) is 75.2 Å². The van der Waals surface area contributed by atoms with Gasteiger partial charge in [-0.3, -0.25) is 4.79 Å². The minimum absolute atomic E-state index is 0.283. The van der Waals surface area contributed by atoms with Gasteiger partial charge in [-0.05, 0) is 24.6 Å². The van der Waals surface area contributed by atoms with Gasteiger partial charge in [-0.15, -0.1) is 5.10 Å². The standard InChI is InChI=1S/C13H11N5O3S2.C6H6/c1-8(18-23(20)21)12(19)15-13-17-16-11(7-22-13)10-4-2-9(6-14)3-5-10;1-2-4-6-5-3-1/h2-5,8H,7H2,1H3,(H,15,17,19);1-6H/t8-;/m1./s1. The fraction of sp³-hybridized carbons (Fsp3) is 0.158. The molecule has 148 valence electrons. The third-order valence-corrected chi connectivity index (χ3v) is 4.84. The second kappa shape index (κ2) is 11.5. The van der Waals surface area contributed by atoms with E-state index in [0.29, 0.717) is 11.3 Å². The lowest BCUT2D eigenvalue weighted by Gasteiger charge is -2.13. The number of rotatable bonds is 3. The Morgan fingerprint density at radius 3 is 2.17 bits per heavy atom.